The number of carbonyl (C=O) groups is 1. The number of esters is 1. The first-order valence-corrected chi connectivity index (χ1v) is 7.18. The number of methoxy groups -OCH3 is 1. The monoisotopic (exact) mass is 298 g/mol. The van der Waals surface area contributed by atoms with Gasteiger partial charge in [0.2, 0.25) is 5.60 Å². The largest absolute Gasteiger partial charge is 0.463 e. The third kappa shape index (κ3) is 1.97. The SMILES string of the molecule is CCOC(=O)C1(OC)C=CC=C2C1=Nc1ccccc1N2C. The van der Waals surface area contributed by atoms with Gasteiger partial charge in [-0.25, -0.2) is 9.79 Å². The van der Waals surface area contributed by atoms with Crippen LogP contribution in [-0.4, -0.2) is 38.0 Å². The van der Waals surface area contributed by atoms with Gasteiger partial charge >= 0.3 is 5.97 Å². The summed E-state index contributed by atoms with van der Waals surface area (Å²) in [5.41, 5.74) is 1.87. The van der Waals surface area contributed by atoms with Crippen molar-refractivity contribution in [1.82, 2.24) is 0 Å². The van der Waals surface area contributed by atoms with Crippen LogP contribution in [0.25, 0.3) is 0 Å². The maximum atomic E-state index is 12.5. The summed E-state index contributed by atoms with van der Waals surface area (Å²) in [5, 5.41) is 0. The molecule has 5 heteroatoms. The molecule has 0 radical (unpaired) electrons. The normalized spacial score (nSPS) is 22.4. The zero-order valence-corrected chi connectivity index (χ0v) is 12.9. The van der Waals surface area contributed by atoms with Crippen molar-refractivity contribution >= 4 is 23.1 Å². The molecule has 0 fully saturated rings. The molecule has 1 aliphatic heterocycles. The van der Waals surface area contributed by atoms with Gasteiger partial charge in [-0.1, -0.05) is 18.2 Å². The van der Waals surface area contributed by atoms with Gasteiger partial charge in [0.15, 0.2) is 0 Å². The average Bonchev–Trinajstić information content (AvgIpc) is 2.55. The highest BCUT2D eigenvalue weighted by Gasteiger charge is 2.48. The summed E-state index contributed by atoms with van der Waals surface area (Å²) < 4.78 is 10.8. The van der Waals surface area contributed by atoms with Crippen LogP contribution >= 0.6 is 0 Å². The third-order valence-electron chi connectivity index (χ3n) is 3.92. The van der Waals surface area contributed by atoms with Gasteiger partial charge in [-0.15, -0.1) is 0 Å². The lowest BCUT2D eigenvalue weighted by Gasteiger charge is -2.38. The molecule has 114 valence electrons. The molecule has 1 aliphatic carbocycles. The molecule has 1 aromatic carbocycles. The Labute approximate surface area is 129 Å². The van der Waals surface area contributed by atoms with Crippen LogP contribution in [0.2, 0.25) is 0 Å². The first-order valence-electron chi connectivity index (χ1n) is 7.18. The molecule has 22 heavy (non-hydrogen) atoms. The summed E-state index contributed by atoms with van der Waals surface area (Å²) in [6, 6.07) is 7.79. The van der Waals surface area contributed by atoms with Crippen molar-refractivity contribution in [3.8, 4) is 0 Å². The number of fused-ring (bicyclic) bond motifs is 2. The predicted molar refractivity (Wildman–Crippen MR) is 85.5 cm³/mol. The van der Waals surface area contributed by atoms with Crippen molar-refractivity contribution < 1.29 is 14.3 Å². The first-order chi connectivity index (χ1) is 10.6. The number of nitrogens with zero attached hydrogens (tertiary/aromatic N) is 2. The highest BCUT2D eigenvalue weighted by Crippen LogP contribution is 2.40. The summed E-state index contributed by atoms with van der Waals surface area (Å²) in [4.78, 5) is 19.2. The fourth-order valence-corrected chi connectivity index (χ4v) is 2.78. The van der Waals surface area contributed by atoms with Crippen LogP contribution in [0.3, 0.4) is 0 Å². The minimum atomic E-state index is -1.30. The minimum Gasteiger partial charge on any atom is -0.463 e. The Bertz CT molecular complexity index is 706. The lowest BCUT2D eigenvalue weighted by molar-refractivity contribution is -0.156. The van der Waals surface area contributed by atoms with E-state index in [-0.39, 0.29) is 6.61 Å². The van der Waals surface area contributed by atoms with E-state index in [4.69, 9.17) is 9.47 Å². The average molecular weight is 298 g/mol. The predicted octanol–water partition coefficient (Wildman–Crippen LogP) is 2.61. The molecule has 1 unspecified atom stereocenters. The zero-order chi connectivity index (χ0) is 15.7. The molecule has 1 aromatic rings. The van der Waals surface area contributed by atoms with Crippen LogP contribution in [-0.2, 0) is 14.3 Å². The number of carbonyl (C=O) groups excluding carboxylic acids is 1. The second-order valence-corrected chi connectivity index (χ2v) is 5.08. The van der Waals surface area contributed by atoms with Crippen LogP contribution in [0, 0.1) is 0 Å². The second kappa shape index (κ2) is 5.42. The van der Waals surface area contributed by atoms with Gasteiger partial charge in [-0.05, 0) is 31.2 Å². The maximum absolute atomic E-state index is 12.5. The van der Waals surface area contributed by atoms with Crippen LogP contribution in [0.4, 0.5) is 11.4 Å². The van der Waals surface area contributed by atoms with Gasteiger partial charge in [-0.3, -0.25) is 0 Å². The van der Waals surface area contributed by atoms with E-state index in [1.807, 2.05) is 42.3 Å². The Kier molecular flexibility index (Phi) is 3.58. The van der Waals surface area contributed by atoms with Crippen LogP contribution in [0.5, 0.6) is 0 Å². The first kappa shape index (κ1) is 14.5. The Hall–Kier alpha value is -2.40. The Balaban J connectivity index is 2.18. The highest BCUT2D eigenvalue weighted by atomic mass is 16.6. The van der Waals surface area contributed by atoms with Crippen LogP contribution in [0.15, 0.2) is 53.2 Å². The summed E-state index contributed by atoms with van der Waals surface area (Å²) in [6.45, 7) is 2.06. The van der Waals surface area contributed by atoms with Crippen LogP contribution < -0.4 is 4.90 Å². The number of ether oxygens (including phenoxy) is 2. The molecule has 0 spiro atoms. The topological polar surface area (TPSA) is 51.1 Å². The molecule has 0 saturated carbocycles. The lowest BCUT2D eigenvalue weighted by atomic mass is 9.88. The molecule has 1 atom stereocenters. The Morgan fingerprint density at radius 3 is 2.86 bits per heavy atom. The number of para-hydroxylation sites is 2. The second-order valence-electron chi connectivity index (χ2n) is 5.08. The number of allylic oxidation sites excluding steroid dienone is 2. The van der Waals surface area contributed by atoms with Gasteiger partial charge in [-0.2, -0.15) is 0 Å². The van der Waals surface area contributed by atoms with E-state index in [0.717, 1.165) is 17.1 Å². The molecule has 2 aliphatic rings. The van der Waals surface area contributed by atoms with Crippen LogP contribution in [0.1, 0.15) is 6.92 Å². The van der Waals surface area contributed by atoms with Gasteiger partial charge < -0.3 is 14.4 Å². The number of aliphatic imine (C=N–C) groups is 1. The number of hydrogen-bond acceptors (Lipinski definition) is 5. The molecule has 1 heterocycles. The standard InChI is InChI=1S/C17H18N2O3/c1-4-22-16(20)17(21-3)11-7-10-14-15(17)18-12-8-5-6-9-13(12)19(14)2/h5-11H,4H2,1-3H3. The highest BCUT2D eigenvalue weighted by molar-refractivity contribution is 6.24. The van der Waals surface area contributed by atoms with Crippen molar-refractivity contribution in [2.24, 2.45) is 4.99 Å². The van der Waals surface area contributed by atoms with Gasteiger partial charge in [0.05, 0.1) is 23.7 Å². The van der Waals surface area contributed by atoms with E-state index in [2.05, 4.69) is 4.99 Å². The molecule has 3 rings (SSSR count). The smallest absolute Gasteiger partial charge is 0.348 e. The number of anilines is 1. The molecule has 0 aromatic heterocycles. The lowest BCUT2D eigenvalue weighted by Crippen LogP contribution is -2.52. The fraction of sp³-hybridized carbons (Fsp3) is 0.294. The van der Waals surface area contributed by atoms with Gasteiger partial charge in [0, 0.05) is 14.2 Å². The van der Waals surface area contributed by atoms with Gasteiger partial charge in [0.1, 0.15) is 5.71 Å². The van der Waals surface area contributed by atoms with E-state index in [1.165, 1.54) is 7.11 Å². The van der Waals surface area contributed by atoms with Crippen molar-refractivity contribution in [1.29, 1.82) is 0 Å². The molecular weight excluding hydrogens is 280 g/mol. The molecule has 5 nitrogen and oxygen atoms in total. The van der Waals surface area contributed by atoms with Crippen molar-refractivity contribution in [2.75, 3.05) is 25.7 Å². The summed E-state index contributed by atoms with van der Waals surface area (Å²) in [6.07, 6.45) is 5.42. The summed E-state index contributed by atoms with van der Waals surface area (Å²) >= 11 is 0. The Morgan fingerprint density at radius 2 is 2.14 bits per heavy atom. The van der Waals surface area contributed by atoms with Gasteiger partial charge in [0.25, 0.3) is 0 Å². The molecular formula is C17H18N2O3. The molecule has 0 bridgehead atoms. The Morgan fingerprint density at radius 1 is 1.36 bits per heavy atom. The fourth-order valence-electron chi connectivity index (χ4n) is 2.78. The number of hydrogen-bond donors (Lipinski definition) is 0. The summed E-state index contributed by atoms with van der Waals surface area (Å²) in [7, 11) is 3.44. The number of benzene rings is 1. The summed E-state index contributed by atoms with van der Waals surface area (Å²) in [5.74, 6) is -0.453. The van der Waals surface area contributed by atoms with Crippen molar-refractivity contribution in [3.05, 3.63) is 48.2 Å². The molecule has 0 amide bonds. The van der Waals surface area contributed by atoms with Crippen molar-refractivity contribution in [3.63, 3.8) is 0 Å². The van der Waals surface area contributed by atoms with E-state index in [0.29, 0.717) is 5.71 Å². The van der Waals surface area contributed by atoms with E-state index < -0.39 is 11.6 Å². The molecule has 0 saturated heterocycles. The van der Waals surface area contributed by atoms with E-state index in [1.54, 1.807) is 19.1 Å². The number of rotatable bonds is 3. The maximum Gasteiger partial charge on any atom is 0.348 e. The zero-order valence-electron chi connectivity index (χ0n) is 12.9. The van der Waals surface area contributed by atoms with E-state index in [9.17, 15) is 4.79 Å². The third-order valence-corrected chi connectivity index (χ3v) is 3.92. The van der Waals surface area contributed by atoms with Crippen molar-refractivity contribution in [2.45, 2.75) is 12.5 Å². The molecule has 0 N–H and O–H groups in total. The van der Waals surface area contributed by atoms with E-state index >= 15 is 0 Å². The minimum absolute atomic E-state index is 0.288. The quantitative estimate of drug-likeness (QED) is 0.805.